The van der Waals surface area contributed by atoms with Crippen LogP contribution in [0.25, 0.3) is 62.4 Å². The van der Waals surface area contributed by atoms with E-state index in [0.717, 1.165) is 164 Å². The fourth-order valence-electron chi connectivity index (χ4n) is 9.81. The highest BCUT2D eigenvalue weighted by Gasteiger charge is 2.26. The normalized spacial score (nSPS) is 17.5. The number of thiophene rings is 3. The van der Waals surface area contributed by atoms with Gasteiger partial charge in [0.2, 0.25) is 0 Å². The van der Waals surface area contributed by atoms with Gasteiger partial charge < -0.3 is 61.9 Å². The SMILES string of the molecule is CC(C)(C)Nc1cc(Br)c2sc(-c3ccnn3C3CCCCO3)cc2n1.CC(C)(C)Nc1cc(NCC2COC2)c2sc(-c3ccnn3C3CCCCO3)cc2n1.NCC1COC1.Nc1cc(NCC(CO)CO)c2sc(-c3ccn[nH]3)cc2n1. The van der Waals surface area contributed by atoms with Crippen LogP contribution in [0.2, 0.25) is 0 Å². The Morgan fingerprint density at radius 2 is 1.19 bits per heavy atom. The van der Waals surface area contributed by atoms with Crippen molar-refractivity contribution in [2.75, 3.05) is 99.5 Å². The zero-order valence-electron chi connectivity index (χ0n) is 49.2. The van der Waals surface area contributed by atoms with E-state index in [1.54, 1.807) is 46.3 Å². The Morgan fingerprint density at radius 3 is 1.68 bits per heavy atom. The summed E-state index contributed by atoms with van der Waals surface area (Å²) in [4.78, 5) is 17.4. The van der Waals surface area contributed by atoms with Crippen LogP contribution in [-0.2, 0) is 18.9 Å². The first-order valence-corrected chi connectivity index (χ1v) is 32.4. The number of hydrogen-bond donors (Lipinski definition) is 9. The molecular weight excluding hydrogens is 1200 g/mol. The third-order valence-electron chi connectivity index (χ3n) is 14.3. The Bertz CT molecular complexity index is 3560. The third kappa shape index (κ3) is 16.2. The van der Waals surface area contributed by atoms with E-state index in [1.807, 2.05) is 33.9 Å². The molecule has 9 aromatic heterocycles. The second kappa shape index (κ2) is 28.3. The van der Waals surface area contributed by atoms with E-state index in [9.17, 15) is 0 Å². The minimum atomic E-state index is -0.212. The number of hydrogen-bond acceptors (Lipinski definition) is 21. The summed E-state index contributed by atoms with van der Waals surface area (Å²) in [7, 11) is 0. The molecule has 2 atom stereocenters. The molecule has 0 bridgehead atoms. The van der Waals surface area contributed by atoms with E-state index < -0.39 is 0 Å². The zero-order valence-corrected chi connectivity index (χ0v) is 53.2. The second-order valence-electron chi connectivity index (χ2n) is 23.8. The lowest BCUT2D eigenvalue weighted by Gasteiger charge is -2.27. The fraction of sp³-hybridized carbons (Fsp3) is 0.500. The number of aliphatic hydroxyl groups excluding tert-OH is 2. The standard InChI is InChI=1S/C23H31N5O2S.C19H23BrN4OS.C14H17N5O2S.C4H9NO/c1-23(2,3)27-20-11-16(24-12-15-13-29-14-15)22-17(26-20)10-19(31-22)18-7-8-25-28(18)21-6-4-5-9-30-21;1-19(2,3)23-16-10-12(20)18-13(22-16)11-15(26-18)14-7-8-21-24(14)17-6-4-5-9-25-17;15-13-4-10(16-5-8(6-20)7-21)14-11(18-13)3-12(22-14)9-1-2-17-19-9;5-1-4-2-6-3-4/h7-8,10-11,15,21H,4-6,9,12-14H2,1-3H3,(H2,24,26,27);7-8,10-11,17H,4-6,9H2,1-3H3,(H,22,23);1-4,8,20-21H,5-7H2,(H,17,19)(H3,15,16,18);4H,1-3,5H2. The Balaban J connectivity index is 0.000000136. The summed E-state index contributed by atoms with van der Waals surface area (Å²) in [5.74, 6) is 3.23. The van der Waals surface area contributed by atoms with Crippen LogP contribution in [0.15, 0.2) is 77.7 Å². The molecule has 4 saturated heterocycles. The Morgan fingerprint density at radius 1 is 0.659 bits per heavy atom. The highest BCUT2D eigenvalue weighted by atomic mass is 79.9. The lowest BCUT2D eigenvalue weighted by atomic mass is 10.1. The van der Waals surface area contributed by atoms with Gasteiger partial charge in [0.05, 0.1) is 100 Å². The van der Waals surface area contributed by atoms with E-state index >= 15 is 0 Å². The first-order chi connectivity index (χ1) is 41.0. The summed E-state index contributed by atoms with van der Waals surface area (Å²) in [5.41, 5.74) is 18.9. The molecule has 0 amide bonds. The molecule has 2 unspecified atom stereocenters. The van der Waals surface area contributed by atoms with Crippen molar-refractivity contribution < 1.29 is 29.2 Å². The van der Waals surface area contributed by atoms with E-state index in [-0.39, 0.29) is 42.7 Å². The molecule has 0 spiro atoms. The maximum absolute atomic E-state index is 9.16. The number of rotatable bonds is 16. The molecule has 85 heavy (non-hydrogen) atoms. The van der Waals surface area contributed by atoms with E-state index in [4.69, 9.17) is 50.6 Å². The van der Waals surface area contributed by atoms with Gasteiger partial charge in [-0.05, 0) is 145 Å². The number of nitrogens with two attached hydrogens (primary N) is 2. The molecule has 456 valence electrons. The number of halogens is 1. The molecule has 9 aromatic rings. The van der Waals surface area contributed by atoms with Crippen molar-refractivity contribution in [3.05, 3.63) is 77.7 Å². The zero-order chi connectivity index (χ0) is 59.7. The van der Waals surface area contributed by atoms with Gasteiger partial charge in [-0.3, -0.25) is 5.10 Å². The molecule has 25 heteroatoms. The van der Waals surface area contributed by atoms with Gasteiger partial charge in [0, 0.05) is 104 Å². The van der Waals surface area contributed by atoms with Crippen molar-refractivity contribution in [2.24, 2.45) is 23.5 Å². The van der Waals surface area contributed by atoms with E-state index in [0.29, 0.717) is 24.2 Å². The summed E-state index contributed by atoms with van der Waals surface area (Å²) in [5, 5.41) is 48.2. The highest BCUT2D eigenvalue weighted by Crippen LogP contribution is 2.42. The molecule has 11 N–H and O–H groups in total. The first kappa shape index (κ1) is 62.2. The van der Waals surface area contributed by atoms with Crippen LogP contribution in [0.1, 0.15) is 92.5 Å². The number of H-pyrrole nitrogens is 1. The van der Waals surface area contributed by atoms with Gasteiger partial charge in [0.25, 0.3) is 0 Å². The molecule has 4 aliphatic rings. The fourth-order valence-corrected chi connectivity index (χ4v) is 13.7. The molecule has 0 aliphatic carbocycles. The number of nitrogens with zero attached hydrogens (tertiary/aromatic N) is 8. The molecule has 0 saturated carbocycles. The minimum absolute atomic E-state index is 0.0197. The van der Waals surface area contributed by atoms with Gasteiger partial charge in [-0.2, -0.15) is 15.3 Å². The third-order valence-corrected chi connectivity index (χ3v) is 18.8. The quantitative estimate of drug-likeness (QED) is 0.0435. The van der Waals surface area contributed by atoms with Gasteiger partial charge >= 0.3 is 0 Å². The second-order valence-corrected chi connectivity index (χ2v) is 27.8. The highest BCUT2D eigenvalue weighted by molar-refractivity contribution is 9.10. The average molecular weight is 1280 g/mol. The molecule has 21 nitrogen and oxygen atoms in total. The van der Waals surface area contributed by atoms with Crippen molar-refractivity contribution in [2.45, 2.75) is 104 Å². The van der Waals surface area contributed by atoms with Gasteiger partial charge in [0.1, 0.15) is 17.5 Å². The number of aromatic nitrogens is 9. The van der Waals surface area contributed by atoms with Crippen LogP contribution < -0.4 is 32.7 Å². The molecule has 0 radical (unpaired) electrons. The first-order valence-electron chi connectivity index (χ1n) is 29.2. The summed E-state index contributed by atoms with van der Waals surface area (Å²) in [6.45, 7) is 19.9. The number of fused-ring (bicyclic) bond motifs is 3. The predicted molar refractivity (Wildman–Crippen MR) is 348 cm³/mol. The molecule has 0 aromatic carbocycles. The van der Waals surface area contributed by atoms with Crippen LogP contribution in [-0.4, -0.2) is 138 Å². The number of nitrogen functional groups attached to an aromatic ring is 1. The number of anilines is 5. The van der Waals surface area contributed by atoms with Crippen LogP contribution >= 0.6 is 49.9 Å². The van der Waals surface area contributed by atoms with Gasteiger partial charge in [-0.1, -0.05) is 0 Å². The van der Waals surface area contributed by atoms with Crippen molar-refractivity contribution in [1.82, 2.24) is 44.7 Å². The maximum Gasteiger partial charge on any atom is 0.150 e. The minimum Gasteiger partial charge on any atom is -0.396 e. The summed E-state index contributed by atoms with van der Waals surface area (Å²) >= 11 is 8.79. The summed E-state index contributed by atoms with van der Waals surface area (Å²) in [6, 6.07) is 18.3. The topological polar surface area (TPSA) is 281 Å². The Hall–Kier alpha value is -5.84. The number of aliphatic hydroxyl groups is 2. The molecule has 13 rings (SSSR count). The summed E-state index contributed by atoms with van der Waals surface area (Å²) in [6.07, 6.45) is 12.1. The van der Waals surface area contributed by atoms with Crippen molar-refractivity contribution in [3.8, 4) is 31.7 Å². The number of nitrogens with one attached hydrogen (secondary N) is 5. The van der Waals surface area contributed by atoms with Crippen molar-refractivity contribution in [3.63, 3.8) is 0 Å². The average Bonchev–Trinajstić information content (AvgIpc) is 3.61. The summed E-state index contributed by atoms with van der Waals surface area (Å²) < 4.78 is 30.5. The van der Waals surface area contributed by atoms with Crippen LogP contribution in [0, 0.1) is 17.8 Å². The number of pyridine rings is 3. The van der Waals surface area contributed by atoms with Crippen LogP contribution in [0.4, 0.5) is 28.8 Å². The molecule has 13 heterocycles. The van der Waals surface area contributed by atoms with Gasteiger partial charge in [-0.25, -0.2) is 24.3 Å². The van der Waals surface area contributed by atoms with E-state index in [2.05, 4.69) is 141 Å². The van der Waals surface area contributed by atoms with Crippen molar-refractivity contribution >= 4 is 109 Å². The lowest BCUT2D eigenvalue weighted by Crippen LogP contribution is -2.33. The van der Waals surface area contributed by atoms with Gasteiger partial charge in [0.15, 0.2) is 12.5 Å². The van der Waals surface area contributed by atoms with E-state index in [1.165, 1.54) is 17.5 Å². The monoisotopic (exact) mass is 1280 g/mol. The van der Waals surface area contributed by atoms with Crippen LogP contribution in [0.5, 0.6) is 0 Å². The Kier molecular flexibility index (Phi) is 20.7. The molecule has 4 fully saturated rings. The predicted octanol–water partition coefficient (Wildman–Crippen LogP) is 11.8. The number of ether oxygens (including phenoxy) is 4. The largest absolute Gasteiger partial charge is 0.396 e. The lowest BCUT2D eigenvalue weighted by molar-refractivity contribution is -0.0384. The number of aromatic amines is 1. The maximum atomic E-state index is 9.16. The van der Waals surface area contributed by atoms with Crippen molar-refractivity contribution in [1.29, 1.82) is 0 Å². The van der Waals surface area contributed by atoms with Crippen LogP contribution in [0.3, 0.4) is 0 Å². The molecule has 4 aliphatic heterocycles. The van der Waals surface area contributed by atoms with Gasteiger partial charge in [-0.15, -0.1) is 34.0 Å². The Labute approximate surface area is 516 Å². The smallest absolute Gasteiger partial charge is 0.150 e. The molecular formula is C60H80BrN15O6S3.